The predicted octanol–water partition coefficient (Wildman–Crippen LogP) is 4.97. The number of allylic oxidation sites excluding steroid dienone is 7. The van der Waals surface area contributed by atoms with Crippen LogP contribution in [0.15, 0.2) is 58.2 Å². The van der Waals surface area contributed by atoms with Gasteiger partial charge in [0.2, 0.25) is 0 Å². The number of carboxylic acid groups (broad SMARTS) is 1. The van der Waals surface area contributed by atoms with Gasteiger partial charge in [-0.1, -0.05) is 49.3 Å². The SMILES string of the molecule is CC1=C(/C=C/C(C)=C/C=C(C(=O)O)/C(C)=C\CO)C(C)(C)CCC1. The van der Waals surface area contributed by atoms with Crippen molar-refractivity contribution in [3.05, 3.63) is 58.2 Å². The fraction of sp³-hybridized carbons (Fsp3) is 0.476. The second-order valence-corrected chi connectivity index (χ2v) is 7.13. The molecule has 0 unspecified atom stereocenters. The number of hydrogen-bond acceptors (Lipinski definition) is 2. The maximum absolute atomic E-state index is 11.3. The Kier molecular flexibility index (Phi) is 7.43. The molecule has 0 saturated heterocycles. The number of carbonyl (C=O) groups is 1. The largest absolute Gasteiger partial charge is 0.478 e. The molecule has 0 amide bonds. The van der Waals surface area contributed by atoms with Gasteiger partial charge in [0.05, 0.1) is 12.2 Å². The first kappa shape index (κ1) is 20.2. The first-order valence-electron chi connectivity index (χ1n) is 8.47. The molecule has 0 atom stereocenters. The second kappa shape index (κ2) is 8.84. The molecule has 0 aromatic rings. The molecule has 3 heteroatoms. The van der Waals surface area contributed by atoms with Gasteiger partial charge >= 0.3 is 5.97 Å². The zero-order valence-electron chi connectivity index (χ0n) is 15.5. The Bertz CT molecular complexity index is 625. The highest BCUT2D eigenvalue weighted by molar-refractivity contribution is 5.91. The Morgan fingerprint density at radius 1 is 1.25 bits per heavy atom. The van der Waals surface area contributed by atoms with Gasteiger partial charge in [-0.15, -0.1) is 0 Å². The Labute approximate surface area is 145 Å². The summed E-state index contributed by atoms with van der Waals surface area (Å²) in [7, 11) is 0. The summed E-state index contributed by atoms with van der Waals surface area (Å²) < 4.78 is 0. The third-order valence-electron chi connectivity index (χ3n) is 4.62. The van der Waals surface area contributed by atoms with Crippen molar-refractivity contribution in [2.45, 2.75) is 53.9 Å². The smallest absolute Gasteiger partial charge is 0.335 e. The Balaban J connectivity index is 3.03. The van der Waals surface area contributed by atoms with Crippen LogP contribution in [-0.2, 0) is 4.79 Å². The molecule has 0 aliphatic heterocycles. The van der Waals surface area contributed by atoms with E-state index < -0.39 is 5.97 Å². The summed E-state index contributed by atoms with van der Waals surface area (Å²) in [6.45, 7) is 10.2. The van der Waals surface area contributed by atoms with Crippen LogP contribution in [0.5, 0.6) is 0 Å². The van der Waals surface area contributed by atoms with E-state index in [2.05, 4.69) is 26.8 Å². The number of rotatable bonds is 6. The molecule has 0 bridgehead atoms. The quantitative estimate of drug-likeness (QED) is 0.534. The fourth-order valence-electron chi connectivity index (χ4n) is 3.11. The molecule has 1 rings (SSSR count). The van der Waals surface area contributed by atoms with Gasteiger partial charge in [0.15, 0.2) is 0 Å². The van der Waals surface area contributed by atoms with Gasteiger partial charge in [0.25, 0.3) is 0 Å². The molecule has 0 aromatic carbocycles. The van der Waals surface area contributed by atoms with Crippen LogP contribution >= 0.6 is 0 Å². The zero-order chi connectivity index (χ0) is 18.3. The number of carboxylic acids is 1. The van der Waals surface area contributed by atoms with E-state index in [4.69, 9.17) is 5.11 Å². The molecule has 0 radical (unpaired) electrons. The number of aliphatic carboxylic acids is 1. The predicted molar refractivity (Wildman–Crippen MR) is 99.8 cm³/mol. The van der Waals surface area contributed by atoms with Crippen LogP contribution in [-0.4, -0.2) is 22.8 Å². The highest BCUT2D eigenvalue weighted by atomic mass is 16.4. The summed E-state index contributed by atoms with van der Waals surface area (Å²) in [5.41, 5.74) is 4.78. The van der Waals surface area contributed by atoms with Crippen LogP contribution < -0.4 is 0 Å². The minimum absolute atomic E-state index is 0.165. The summed E-state index contributed by atoms with van der Waals surface area (Å²) in [5.74, 6) is -0.989. The zero-order valence-corrected chi connectivity index (χ0v) is 15.5. The minimum atomic E-state index is -0.989. The molecule has 24 heavy (non-hydrogen) atoms. The van der Waals surface area contributed by atoms with Crippen LogP contribution in [0.4, 0.5) is 0 Å². The lowest BCUT2D eigenvalue weighted by molar-refractivity contribution is -0.132. The van der Waals surface area contributed by atoms with Crippen molar-refractivity contribution in [2.24, 2.45) is 5.41 Å². The molecule has 3 nitrogen and oxygen atoms in total. The van der Waals surface area contributed by atoms with E-state index in [1.807, 2.05) is 13.0 Å². The molecule has 0 saturated carbocycles. The van der Waals surface area contributed by atoms with Crippen molar-refractivity contribution in [3.8, 4) is 0 Å². The number of hydrogen-bond donors (Lipinski definition) is 2. The molecule has 2 N–H and O–H groups in total. The third kappa shape index (κ3) is 5.64. The Morgan fingerprint density at radius 3 is 2.46 bits per heavy atom. The molecule has 1 aliphatic carbocycles. The van der Waals surface area contributed by atoms with E-state index in [1.54, 1.807) is 19.1 Å². The van der Waals surface area contributed by atoms with Crippen molar-refractivity contribution >= 4 is 5.97 Å². The Morgan fingerprint density at radius 2 is 1.92 bits per heavy atom. The maximum atomic E-state index is 11.3. The first-order valence-corrected chi connectivity index (χ1v) is 8.47. The van der Waals surface area contributed by atoms with Crippen LogP contribution in [0.25, 0.3) is 0 Å². The van der Waals surface area contributed by atoms with Crippen LogP contribution in [0.2, 0.25) is 0 Å². The van der Waals surface area contributed by atoms with Gasteiger partial charge < -0.3 is 10.2 Å². The average molecular weight is 330 g/mol. The maximum Gasteiger partial charge on any atom is 0.335 e. The molecule has 0 spiro atoms. The number of aliphatic hydroxyl groups is 1. The van der Waals surface area contributed by atoms with Crippen molar-refractivity contribution in [1.82, 2.24) is 0 Å². The standard InChI is InChI=1S/C21H30O3/c1-15(8-10-18(20(23)24)16(2)12-14-22)9-11-19-17(3)7-6-13-21(19,4)5/h8-12,22H,6-7,13-14H2,1-5H3,(H,23,24)/b11-9+,15-8+,16-12-,18-10-. The van der Waals surface area contributed by atoms with Gasteiger partial charge in [-0.25, -0.2) is 4.79 Å². The van der Waals surface area contributed by atoms with Crippen molar-refractivity contribution in [3.63, 3.8) is 0 Å². The molecular weight excluding hydrogens is 300 g/mol. The lowest BCUT2D eigenvalue weighted by atomic mass is 9.72. The van der Waals surface area contributed by atoms with Crippen molar-refractivity contribution in [1.29, 1.82) is 0 Å². The van der Waals surface area contributed by atoms with E-state index >= 15 is 0 Å². The lowest BCUT2D eigenvalue weighted by Crippen LogP contribution is -2.19. The van der Waals surface area contributed by atoms with Gasteiger partial charge in [0.1, 0.15) is 0 Å². The van der Waals surface area contributed by atoms with Gasteiger partial charge in [-0.3, -0.25) is 0 Å². The minimum Gasteiger partial charge on any atom is -0.478 e. The van der Waals surface area contributed by atoms with Crippen molar-refractivity contribution < 1.29 is 15.0 Å². The monoisotopic (exact) mass is 330 g/mol. The highest BCUT2D eigenvalue weighted by Gasteiger charge is 2.26. The van der Waals surface area contributed by atoms with Crippen LogP contribution in [0.3, 0.4) is 0 Å². The first-order chi connectivity index (χ1) is 11.2. The van der Waals surface area contributed by atoms with Crippen LogP contribution in [0.1, 0.15) is 53.9 Å². The fourth-order valence-corrected chi connectivity index (χ4v) is 3.11. The van der Waals surface area contributed by atoms with Crippen molar-refractivity contribution in [2.75, 3.05) is 6.61 Å². The van der Waals surface area contributed by atoms with E-state index in [1.165, 1.54) is 30.1 Å². The normalized spacial score (nSPS) is 20.0. The molecule has 132 valence electrons. The van der Waals surface area contributed by atoms with Gasteiger partial charge in [-0.2, -0.15) is 0 Å². The van der Waals surface area contributed by atoms with Gasteiger partial charge in [0, 0.05) is 0 Å². The second-order valence-electron chi connectivity index (χ2n) is 7.13. The summed E-state index contributed by atoms with van der Waals surface area (Å²) in [6, 6.07) is 0. The topological polar surface area (TPSA) is 57.5 Å². The Hall–Kier alpha value is -1.87. The van der Waals surface area contributed by atoms with E-state index in [-0.39, 0.29) is 17.6 Å². The number of aliphatic hydroxyl groups excluding tert-OH is 1. The molecule has 0 heterocycles. The summed E-state index contributed by atoms with van der Waals surface area (Å²) in [6.07, 6.45) is 12.7. The molecule has 0 fully saturated rings. The molecular formula is C21H30O3. The van der Waals surface area contributed by atoms with E-state index in [9.17, 15) is 9.90 Å². The molecule has 0 aromatic heterocycles. The average Bonchev–Trinajstić information content (AvgIpc) is 2.46. The summed E-state index contributed by atoms with van der Waals surface area (Å²) >= 11 is 0. The molecule has 1 aliphatic rings. The highest BCUT2D eigenvalue weighted by Crippen LogP contribution is 2.40. The van der Waals surface area contributed by atoms with Crippen LogP contribution in [0, 0.1) is 5.41 Å². The van der Waals surface area contributed by atoms with Gasteiger partial charge in [-0.05, 0) is 62.7 Å². The van der Waals surface area contributed by atoms with E-state index in [0.29, 0.717) is 5.57 Å². The summed E-state index contributed by atoms with van der Waals surface area (Å²) in [4.78, 5) is 11.3. The van der Waals surface area contributed by atoms with E-state index in [0.717, 1.165) is 12.0 Å². The lowest BCUT2D eigenvalue weighted by Gasteiger charge is -2.32. The third-order valence-corrected chi connectivity index (χ3v) is 4.62. The summed E-state index contributed by atoms with van der Waals surface area (Å²) in [5, 5.41) is 18.2.